The number of rotatable bonds is 5. The molecule has 2 fully saturated rings. The largest absolute Gasteiger partial charge is 0.497 e. The number of carbonyl (C=O) groups excluding carboxylic acids is 1. The van der Waals surface area contributed by atoms with Crippen molar-refractivity contribution < 1.29 is 13.9 Å². The van der Waals surface area contributed by atoms with Gasteiger partial charge in [-0.05, 0) is 55.5 Å². The zero-order chi connectivity index (χ0) is 20.2. The number of fused-ring (bicyclic) bond motifs is 2. The van der Waals surface area contributed by atoms with Crippen LogP contribution in [0.25, 0.3) is 0 Å². The molecule has 0 saturated carbocycles. The Balaban J connectivity index is 1.36. The molecule has 2 saturated heterocycles. The van der Waals surface area contributed by atoms with Crippen molar-refractivity contribution in [3.63, 3.8) is 0 Å². The van der Waals surface area contributed by atoms with Crippen LogP contribution in [0.4, 0.5) is 14.9 Å². The number of amides is 2. The molecule has 5 nitrogen and oxygen atoms in total. The number of urea groups is 1. The third-order valence-electron chi connectivity index (χ3n) is 6.11. The Morgan fingerprint density at radius 1 is 1.10 bits per heavy atom. The van der Waals surface area contributed by atoms with E-state index in [1.165, 1.54) is 18.1 Å². The maximum atomic E-state index is 13.8. The smallest absolute Gasteiger partial charge is 0.319 e. The molecule has 4 rings (SSSR count). The number of halogens is 1. The molecule has 0 aromatic heterocycles. The number of methoxy groups -OCH3 is 1. The average molecular weight is 397 g/mol. The monoisotopic (exact) mass is 397 g/mol. The van der Waals surface area contributed by atoms with Crippen molar-refractivity contribution in [1.29, 1.82) is 0 Å². The van der Waals surface area contributed by atoms with E-state index in [1.54, 1.807) is 25.3 Å². The van der Waals surface area contributed by atoms with Crippen LogP contribution in [0.3, 0.4) is 0 Å². The minimum atomic E-state index is -0.422. The molecule has 2 bridgehead atoms. The first-order valence-electron chi connectivity index (χ1n) is 10.3. The summed E-state index contributed by atoms with van der Waals surface area (Å²) >= 11 is 0. The van der Waals surface area contributed by atoms with E-state index in [0.717, 1.165) is 38.0 Å². The van der Waals surface area contributed by atoms with E-state index in [2.05, 4.69) is 27.7 Å². The molecule has 2 aromatic rings. The Labute approximate surface area is 171 Å². The van der Waals surface area contributed by atoms with Crippen LogP contribution in [0.2, 0.25) is 0 Å². The molecule has 154 valence electrons. The normalized spacial score (nSPS) is 24.0. The van der Waals surface area contributed by atoms with E-state index in [9.17, 15) is 9.18 Å². The van der Waals surface area contributed by atoms with Gasteiger partial charge in [-0.1, -0.05) is 30.7 Å². The van der Waals surface area contributed by atoms with Gasteiger partial charge in [0.25, 0.3) is 0 Å². The highest BCUT2D eigenvalue weighted by atomic mass is 19.1. The quantitative estimate of drug-likeness (QED) is 0.779. The predicted molar refractivity (Wildman–Crippen MR) is 112 cm³/mol. The lowest BCUT2D eigenvalue weighted by Gasteiger charge is -2.49. The molecule has 2 amide bonds. The van der Waals surface area contributed by atoms with E-state index >= 15 is 0 Å². The number of carbonyl (C=O) groups is 1. The molecule has 0 spiro atoms. The zero-order valence-electron chi connectivity index (χ0n) is 16.7. The molecular weight excluding hydrogens is 369 g/mol. The van der Waals surface area contributed by atoms with Gasteiger partial charge in [-0.25, -0.2) is 9.18 Å². The van der Waals surface area contributed by atoms with E-state index in [1.807, 2.05) is 12.1 Å². The molecule has 6 heteroatoms. The molecule has 0 aliphatic carbocycles. The summed E-state index contributed by atoms with van der Waals surface area (Å²) in [5, 5.41) is 5.70. The molecule has 0 unspecified atom stereocenters. The van der Waals surface area contributed by atoms with E-state index < -0.39 is 5.82 Å². The van der Waals surface area contributed by atoms with Crippen molar-refractivity contribution in [3.05, 3.63) is 59.9 Å². The van der Waals surface area contributed by atoms with Crippen LogP contribution in [0.1, 0.15) is 37.7 Å². The van der Waals surface area contributed by atoms with E-state index in [4.69, 9.17) is 4.74 Å². The van der Waals surface area contributed by atoms with Crippen LogP contribution in [0, 0.1) is 5.82 Å². The molecular formula is C23H28FN3O2. The topological polar surface area (TPSA) is 53.6 Å². The highest BCUT2D eigenvalue weighted by molar-refractivity contribution is 5.89. The Kier molecular flexibility index (Phi) is 6.00. The highest BCUT2D eigenvalue weighted by Gasteiger charge is 2.38. The number of nitrogens with one attached hydrogen (secondary N) is 2. The number of para-hydroxylation sites is 1. The fourth-order valence-corrected chi connectivity index (χ4v) is 4.70. The first-order chi connectivity index (χ1) is 14.1. The number of anilines is 1. The fraction of sp³-hybridized carbons (Fsp3) is 0.435. The van der Waals surface area contributed by atoms with Crippen molar-refractivity contribution in [1.82, 2.24) is 10.2 Å². The first kappa shape index (κ1) is 19.7. The van der Waals surface area contributed by atoms with E-state index in [0.29, 0.717) is 12.1 Å². The molecule has 29 heavy (non-hydrogen) atoms. The van der Waals surface area contributed by atoms with Gasteiger partial charge in [0.2, 0.25) is 0 Å². The van der Waals surface area contributed by atoms with Gasteiger partial charge >= 0.3 is 6.03 Å². The summed E-state index contributed by atoms with van der Waals surface area (Å²) in [6.07, 6.45) is 5.40. The van der Waals surface area contributed by atoms with Crippen LogP contribution in [-0.2, 0) is 6.54 Å². The third-order valence-corrected chi connectivity index (χ3v) is 6.11. The van der Waals surface area contributed by atoms with Gasteiger partial charge in [-0.15, -0.1) is 0 Å². The lowest BCUT2D eigenvalue weighted by atomic mass is 9.81. The Hall–Kier alpha value is -2.60. The van der Waals surface area contributed by atoms with Crippen LogP contribution in [0.15, 0.2) is 48.5 Å². The van der Waals surface area contributed by atoms with Gasteiger partial charge in [-0.3, -0.25) is 4.90 Å². The molecule has 2 heterocycles. The lowest BCUT2D eigenvalue weighted by Crippen LogP contribution is -2.56. The van der Waals surface area contributed by atoms with Crippen LogP contribution in [-0.4, -0.2) is 36.2 Å². The SMILES string of the molecule is COc1ccc(CN2[C@@H]3CCC[C@@H]2CC(NC(=O)Nc2ccccc2F)C3)cc1. The van der Waals surface area contributed by atoms with Crippen LogP contribution >= 0.6 is 0 Å². The minimum absolute atomic E-state index is 0.115. The number of hydrogen-bond donors (Lipinski definition) is 2. The van der Waals surface area contributed by atoms with Gasteiger partial charge in [0.15, 0.2) is 0 Å². The molecule has 2 N–H and O–H groups in total. The van der Waals surface area contributed by atoms with Gasteiger partial charge in [0.05, 0.1) is 12.8 Å². The number of hydrogen-bond acceptors (Lipinski definition) is 3. The maximum Gasteiger partial charge on any atom is 0.319 e. The fourth-order valence-electron chi connectivity index (χ4n) is 4.70. The second-order valence-corrected chi connectivity index (χ2v) is 8.01. The highest BCUT2D eigenvalue weighted by Crippen LogP contribution is 2.35. The number of nitrogens with zero attached hydrogens (tertiary/aromatic N) is 1. The summed E-state index contributed by atoms with van der Waals surface area (Å²) in [4.78, 5) is 15.0. The van der Waals surface area contributed by atoms with Crippen molar-refractivity contribution in [2.24, 2.45) is 0 Å². The number of ether oxygens (including phenoxy) is 1. The maximum absolute atomic E-state index is 13.8. The molecule has 0 radical (unpaired) electrons. The van der Waals surface area contributed by atoms with Gasteiger partial charge in [-0.2, -0.15) is 0 Å². The summed E-state index contributed by atoms with van der Waals surface area (Å²) in [5.41, 5.74) is 1.49. The zero-order valence-corrected chi connectivity index (χ0v) is 16.7. The molecule has 2 atom stereocenters. The third kappa shape index (κ3) is 4.70. The minimum Gasteiger partial charge on any atom is -0.497 e. The van der Waals surface area contributed by atoms with Crippen molar-refractivity contribution in [3.8, 4) is 5.75 Å². The Morgan fingerprint density at radius 2 is 1.79 bits per heavy atom. The summed E-state index contributed by atoms with van der Waals surface area (Å²) < 4.78 is 19.0. The summed E-state index contributed by atoms with van der Waals surface area (Å²) in [5.74, 6) is 0.451. The van der Waals surface area contributed by atoms with E-state index in [-0.39, 0.29) is 17.8 Å². The molecule has 2 aliphatic heterocycles. The van der Waals surface area contributed by atoms with Gasteiger partial charge in [0, 0.05) is 24.7 Å². The van der Waals surface area contributed by atoms with Crippen molar-refractivity contribution in [2.75, 3.05) is 12.4 Å². The first-order valence-corrected chi connectivity index (χ1v) is 10.3. The van der Waals surface area contributed by atoms with Crippen LogP contribution in [0.5, 0.6) is 5.75 Å². The average Bonchev–Trinajstić information content (AvgIpc) is 2.71. The predicted octanol–water partition coefficient (Wildman–Crippen LogP) is 4.54. The second kappa shape index (κ2) is 8.82. The summed E-state index contributed by atoms with van der Waals surface area (Å²) in [7, 11) is 1.68. The number of piperidine rings is 2. The van der Waals surface area contributed by atoms with Crippen molar-refractivity contribution in [2.45, 2.75) is 56.8 Å². The van der Waals surface area contributed by atoms with Crippen LogP contribution < -0.4 is 15.4 Å². The molecule has 2 aromatic carbocycles. The number of benzene rings is 2. The Morgan fingerprint density at radius 3 is 2.45 bits per heavy atom. The van der Waals surface area contributed by atoms with Crippen molar-refractivity contribution >= 4 is 11.7 Å². The molecule has 2 aliphatic rings. The lowest BCUT2D eigenvalue weighted by molar-refractivity contribution is 0.0200. The standard InChI is InChI=1S/C23H28FN3O2/c1-29-20-11-9-16(10-12-20)15-27-18-5-4-6-19(27)14-17(13-18)25-23(28)26-22-8-3-2-7-21(22)24/h2-3,7-12,17-19H,4-6,13-15H2,1H3,(H2,25,26,28)/t18-,19-/m1/s1. The van der Waals surface area contributed by atoms with Gasteiger partial charge in [0.1, 0.15) is 11.6 Å². The summed E-state index contributed by atoms with van der Waals surface area (Å²) in [6.45, 7) is 0.924. The Bertz CT molecular complexity index is 828. The van der Waals surface area contributed by atoms with Gasteiger partial charge < -0.3 is 15.4 Å². The second-order valence-electron chi connectivity index (χ2n) is 8.01. The summed E-state index contributed by atoms with van der Waals surface area (Å²) in [6, 6.07) is 15.2.